The first-order valence-corrected chi connectivity index (χ1v) is 6.57. The van der Waals surface area contributed by atoms with Gasteiger partial charge in [0.15, 0.2) is 0 Å². The Bertz CT molecular complexity index is 671. The topological polar surface area (TPSA) is 38.9 Å². The molecule has 0 amide bonds. The minimum atomic E-state index is 0.580. The van der Waals surface area contributed by atoms with Gasteiger partial charge in [0.1, 0.15) is 0 Å². The first kappa shape index (κ1) is 11.2. The van der Waals surface area contributed by atoms with Crippen molar-refractivity contribution in [1.29, 1.82) is 0 Å². The lowest BCUT2D eigenvalue weighted by Crippen LogP contribution is -1.84. The van der Waals surface area contributed by atoms with Crippen molar-refractivity contribution in [3.05, 3.63) is 46.8 Å². The van der Waals surface area contributed by atoms with Crippen LogP contribution >= 0.6 is 11.3 Å². The molecule has 90 valence electrons. The molecule has 0 N–H and O–H groups in total. The van der Waals surface area contributed by atoms with Gasteiger partial charge in [-0.25, -0.2) is 0 Å². The summed E-state index contributed by atoms with van der Waals surface area (Å²) in [7, 11) is 0. The first-order valence-electron chi connectivity index (χ1n) is 5.69. The highest BCUT2D eigenvalue weighted by atomic mass is 32.1. The van der Waals surface area contributed by atoms with Gasteiger partial charge in [-0.3, -0.25) is 0 Å². The van der Waals surface area contributed by atoms with E-state index < -0.39 is 0 Å². The summed E-state index contributed by atoms with van der Waals surface area (Å²) in [6.45, 7) is 4.12. The summed E-state index contributed by atoms with van der Waals surface area (Å²) in [5, 5.41) is 6.03. The Morgan fingerprint density at radius 1 is 1.17 bits per heavy atom. The molecular formula is C14H12N2OS. The average Bonchev–Trinajstić information content (AvgIpc) is 2.99. The summed E-state index contributed by atoms with van der Waals surface area (Å²) in [5.74, 6) is 1.23. The van der Waals surface area contributed by atoms with E-state index in [9.17, 15) is 0 Å². The molecule has 0 fully saturated rings. The summed E-state index contributed by atoms with van der Waals surface area (Å²) in [6.07, 6.45) is 0. The molecule has 0 radical (unpaired) electrons. The van der Waals surface area contributed by atoms with E-state index in [0.717, 1.165) is 16.0 Å². The highest BCUT2D eigenvalue weighted by Gasteiger charge is 2.12. The van der Waals surface area contributed by atoms with Crippen molar-refractivity contribution in [2.24, 2.45) is 0 Å². The predicted octanol–water partition coefficient (Wildman–Crippen LogP) is 4.08. The van der Waals surface area contributed by atoms with Gasteiger partial charge in [0, 0.05) is 5.56 Å². The Kier molecular flexibility index (Phi) is 2.72. The lowest BCUT2D eigenvalue weighted by Gasteiger charge is -2.00. The Morgan fingerprint density at radius 2 is 2.06 bits per heavy atom. The second-order valence-corrected chi connectivity index (χ2v) is 5.17. The Morgan fingerprint density at radius 3 is 2.78 bits per heavy atom. The van der Waals surface area contributed by atoms with Crippen molar-refractivity contribution >= 4 is 11.3 Å². The molecule has 3 aromatic rings. The predicted molar refractivity (Wildman–Crippen MR) is 72.5 cm³/mol. The van der Waals surface area contributed by atoms with E-state index in [1.54, 1.807) is 11.3 Å². The summed E-state index contributed by atoms with van der Waals surface area (Å²) in [5.41, 5.74) is 3.38. The molecule has 0 saturated heterocycles. The molecule has 0 unspecified atom stereocenters. The van der Waals surface area contributed by atoms with E-state index in [-0.39, 0.29) is 0 Å². The number of rotatable bonds is 2. The van der Waals surface area contributed by atoms with Gasteiger partial charge in [0.2, 0.25) is 5.82 Å². The Balaban J connectivity index is 2.03. The van der Waals surface area contributed by atoms with E-state index in [1.165, 1.54) is 5.56 Å². The minimum Gasteiger partial charge on any atom is -0.334 e. The van der Waals surface area contributed by atoms with Gasteiger partial charge in [-0.1, -0.05) is 28.9 Å². The number of hydrogen-bond acceptors (Lipinski definition) is 4. The summed E-state index contributed by atoms with van der Waals surface area (Å²) in [6, 6.07) is 10.2. The van der Waals surface area contributed by atoms with Gasteiger partial charge >= 0.3 is 0 Å². The number of aromatic nitrogens is 2. The second-order valence-electron chi connectivity index (χ2n) is 4.22. The lowest BCUT2D eigenvalue weighted by molar-refractivity contribution is 0.432. The second kappa shape index (κ2) is 4.38. The van der Waals surface area contributed by atoms with Gasteiger partial charge in [-0.2, -0.15) is 4.98 Å². The van der Waals surface area contributed by atoms with E-state index in [2.05, 4.69) is 36.1 Å². The zero-order chi connectivity index (χ0) is 12.5. The van der Waals surface area contributed by atoms with Crippen LogP contribution in [0.4, 0.5) is 0 Å². The van der Waals surface area contributed by atoms with Crippen LogP contribution < -0.4 is 0 Å². The van der Waals surface area contributed by atoms with Gasteiger partial charge in [0.05, 0.1) is 4.88 Å². The first-order chi connectivity index (χ1) is 8.74. The van der Waals surface area contributed by atoms with Crippen molar-refractivity contribution in [2.75, 3.05) is 0 Å². The fraction of sp³-hybridized carbons (Fsp3) is 0.143. The third-order valence-corrected chi connectivity index (χ3v) is 3.65. The van der Waals surface area contributed by atoms with Crippen LogP contribution in [0.2, 0.25) is 0 Å². The molecule has 4 heteroatoms. The van der Waals surface area contributed by atoms with Crippen molar-refractivity contribution < 1.29 is 4.52 Å². The van der Waals surface area contributed by atoms with Crippen molar-refractivity contribution in [2.45, 2.75) is 13.8 Å². The maximum Gasteiger partial charge on any atom is 0.258 e. The Hall–Kier alpha value is -1.94. The van der Waals surface area contributed by atoms with Gasteiger partial charge in [0.25, 0.3) is 5.89 Å². The molecule has 0 aliphatic carbocycles. The van der Waals surface area contributed by atoms with E-state index in [4.69, 9.17) is 4.52 Å². The van der Waals surface area contributed by atoms with Gasteiger partial charge in [-0.15, -0.1) is 11.3 Å². The summed E-state index contributed by atoms with van der Waals surface area (Å²) < 4.78 is 5.34. The van der Waals surface area contributed by atoms with Crippen LogP contribution in [0.5, 0.6) is 0 Å². The molecule has 3 rings (SSSR count). The van der Waals surface area contributed by atoms with Crippen LogP contribution in [0.15, 0.2) is 40.2 Å². The summed E-state index contributed by atoms with van der Waals surface area (Å²) >= 11 is 1.61. The SMILES string of the molecule is Cc1ccc(-c2nc(-c3cccs3)no2)c(C)c1. The Labute approximate surface area is 109 Å². The molecule has 0 atom stereocenters. The molecule has 0 saturated carbocycles. The van der Waals surface area contributed by atoms with Crippen molar-refractivity contribution in [1.82, 2.24) is 10.1 Å². The number of benzene rings is 1. The fourth-order valence-electron chi connectivity index (χ4n) is 1.89. The highest BCUT2D eigenvalue weighted by molar-refractivity contribution is 7.13. The van der Waals surface area contributed by atoms with Crippen LogP contribution in [0.3, 0.4) is 0 Å². The zero-order valence-electron chi connectivity index (χ0n) is 10.2. The largest absolute Gasteiger partial charge is 0.334 e. The van der Waals surface area contributed by atoms with Crippen LogP contribution in [0.1, 0.15) is 11.1 Å². The third kappa shape index (κ3) is 1.95. The van der Waals surface area contributed by atoms with Crippen molar-refractivity contribution in [3.8, 4) is 22.2 Å². The van der Waals surface area contributed by atoms with E-state index in [1.807, 2.05) is 23.6 Å². The van der Waals surface area contributed by atoms with E-state index >= 15 is 0 Å². The summed E-state index contributed by atoms with van der Waals surface area (Å²) in [4.78, 5) is 5.47. The van der Waals surface area contributed by atoms with Crippen LogP contribution in [-0.4, -0.2) is 10.1 Å². The smallest absolute Gasteiger partial charge is 0.258 e. The molecule has 3 nitrogen and oxygen atoms in total. The molecular weight excluding hydrogens is 244 g/mol. The molecule has 0 bridgehead atoms. The monoisotopic (exact) mass is 256 g/mol. The van der Waals surface area contributed by atoms with Crippen LogP contribution in [0, 0.1) is 13.8 Å². The third-order valence-electron chi connectivity index (χ3n) is 2.78. The molecule has 2 heterocycles. The molecule has 0 aliphatic heterocycles. The van der Waals surface area contributed by atoms with Crippen LogP contribution in [-0.2, 0) is 0 Å². The molecule has 0 spiro atoms. The number of hydrogen-bond donors (Lipinski definition) is 0. The number of thiophene rings is 1. The normalized spacial score (nSPS) is 10.8. The maximum absolute atomic E-state index is 5.34. The van der Waals surface area contributed by atoms with Crippen molar-refractivity contribution in [3.63, 3.8) is 0 Å². The molecule has 0 aliphatic rings. The number of nitrogens with zero attached hydrogens (tertiary/aromatic N) is 2. The quantitative estimate of drug-likeness (QED) is 0.693. The molecule has 18 heavy (non-hydrogen) atoms. The highest BCUT2D eigenvalue weighted by Crippen LogP contribution is 2.27. The van der Waals surface area contributed by atoms with Gasteiger partial charge in [-0.05, 0) is 36.9 Å². The maximum atomic E-state index is 5.34. The van der Waals surface area contributed by atoms with E-state index in [0.29, 0.717) is 11.7 Å². The van der Waals surface area contributed by atoms with Crippen LogP contribution in [0.25, 0.3) is 22.2 Å². The van der Waals surface area contributed by atoms with Gasteiger partial charge < -0.3 is 4.52 Å². The lowest BCUT2D eigenvalue weighted by atomic mass is 10.1. The minimum absolute atomic E-state index is 0.580. The average molecular weight is 256 g/mol. The fourth-order valence-corrected chi connectivity index (χ4v) is 2.54. The standard InChI is InChI=1S/C14H12N2OS/c1-9-5-6-11(10(2)8-9)14-15-13(16-17-14)12-4-3-7-18-12/h3-8H,1-2H3. The zero-order valence-corrected chi connectivity index (χ0v) is 11.0. The molecule has 2 aromatic heterocycles. The molecule has 1 aromatic carbocycles. The number of aryl methyl sites for hydroxylation is 2.